The predicted molar refractivity (Wildman–Crippen MR) is 81.7 cm³/mol. The van der Waals surface area contributed by atoms with Gasteiger partial charge in [0, 0.05) is 12.4 Å². The summed E-state index contributed by atoms with van der Waals surface area (Å²) in [6, 6.07) is 3.80. The molecule has 5 atom stereocenters. The molecule has 1 heterocycles. The topological polar surface area (TPSA) is 39.2 Å². The molecule has 0 radical (unpaired) electrons. The Hall–Kier alpha value is -1.38. The van der Waals surface area contributed by atoms with Crippen molar-refractivity contribution in [2.75, 3.05) is 0 Å². The summed E-state index contributed by atoms with van der Waals surface area (Å²) in [7, 11) is 0. The van der Waals surface area contributed by atoms with E-state index in [9.17, 15) is 4.79 Å². The summed E-state index contributed by atoms with van der Waals surface area (Å²) in [5, 5.41) is 0. The first-order valence-electron chi connectivity index (χ1n) is 8.01. The van der Waals surface area contributed by atoms with Gasteiger partial charge in [0.05, 0.1) is 5.92 Å². The number of esters is 1. The third-order valence-corrected chi connectivity index (χ3v) is 6.09. The highest BCUT2D eigenvalue weighted by Crippen LogP contribution is 2.61. The Morgan fingerprint density at radius 1 is 1.43 bits per heavy atom. The zero-order valence-electron chi connectivity index (χ0n) is 13.4. The second-order valence-electron chi connectivity index (χ2n) is 7.44. The van der Waals surface area contributed by atoms with Crippen LogP contribution < -0.4 is 0 Å². The van der Waals surface area contributed by atoms with Gasteiger partial charge >= 0.3 is 5.97 Å². The van der Waals surface area contributed by atoms with Crippen LogP contribution in [-0.4, -0.2) is 17.1 Å². The lowest BCUT2D eigenvalue weighted by atomic mass is 9.45. The van der Waals surface area contributed by atoms with E-state index in [-0.39, 0.29) is 18.0 Å². The molecule has 0 spiro atoms. The molecule has 0 amide bonds. The number of hydrogen-bond acceptors (Lipinski definition) is 3. The van der Waals surface area contributed by atoms with Gasteiger partial charge in [-0.05, 0) is 54.6 Å². The quantitative estimate of drug-likeness (QED) is 0.794. The number of hydrogen-bond donors (Lipinski definition) is 0. The maximum absolute atomic E-state index is 12.4. The number of pyridine rings is 1. The SMILES string of the molecule is C[C@@H]1[C@@H](OC(=O)[C@@H](C)c2cccnc2)C[C@H]2C[C@@H]1C2(C)C. The average Bonchev–Trinajstić information content (AvgIpc) is 2.48. The van der Waals surface area contributed by atoms with E-state index in [0.29, 0.717) is 23.2 Å². The van der Waals surface area contributed by atoms with Crippen LogP contribution in [0.2, 0.25) is 0 Å². The monoisotopic (exact) mass is 287 g/mol. The summed E-state index contributed by atoms with van der Waals surface area (Å²) in [4.78, 5) is 16.5. The Morgan fingerprint density at radius 3 is 2.76 bits per heavy atom. The molecule has 1 aromatic heterocycles. The van der Waals surface area contributed by atoms with E-state index < -0.39 is 0 Å². The first-order valence-corrected chi connectivity index (χ1v) is 8.01. The predicted octanol–water partition coefficient (Wildman–Crippen LogP) is 3.80. The van der Waals surface area contributed by atoms with Gasteiger partial charge in [0.15, 0.2) is 0 Å². The number of carbonyl (C=O) groups excluding carboxylic acids is 1. The van der Waals surface area contributed by atoms with Crippen LogP contribution in [0, 0.1) is 23.2 Å². The maximum Gasteiger partial charge on any atom is 0.313 e. The molecule has 3 aliphatic rings. The van der Waals surface area contributed by atoms with Gasteiger partial charge < -0.3 is 4.74 Å². The molecule has 0 aliphatic heterocycles. The summed E-state index contributed by atoms with van der Waals surface area (Å²) in [5.74, 6) is 1.53. The van der Waals surface area contributed by atoms with Gasteiger partial charge in [0.1, 0.15) is 6.10 Å². The van der Waals surface area contributed by atoms with Crippen molar-refractivity contribution in [2.24, 2.45) is 23.2 Å². The van der Waals surface area contributed by atoms with E-state index in [4.69, 9.17) is 4.74 Å². The second kappa shape index (κ2) is 5.11. The third kappa shape index (κ3) is 2.37. The van der Waals surface area contributed by atoms with Gasteiger partial charge in [-0.15, -0.1) is 0 Å². The largest absolute Gasteiger partial charge is 0.462 e. The Morgan fingerprint density at radius 2 is 2.19 bits per heavy atom. The van der Waals surface area contributed by atoms with Gasteiger partial charge in [0.2, 0.25) is 0 Å². The second-order valence-corrected chi connectivity index (χ2v) is 7.44. The molecular formula is C18H25NO2. The van der Waals surface area contributed by atoms with Crippen molar-refractivity contribution in [3.8, 4) is 0 Å². The molecule has 21 heavy (non-hydrogen) atoms. The summed E-state index contributed by atoms with van der Waals surface area (Å²) in [5.41, 5.74) is 1.36. The minimum Gasteiger partial charge on any atom is -0.462 e. The minimum absolute atomic E-state index is 0.0911. The number of fused-ring (bicyclic) bond motifs is 2. The van der Waals surface area contributed by atoms with Crippen molar-refractivity contribution >= 4 is 5.97 Å². The average molecular weight is 287 g/mol. The fourth-order valence-electron chi connectivity index (χ4n) is 4.28. The van der Waals surface area contributed by atoms with Crippen molar-refractivity contribution in [1.29, 1.82) is 0 Å². The maximum atomic E-state index is 12.4. The Kier molecular flexibility index (Phi) is 3.54. The molecule has 0 unspecified atom stereocenters. The number of carbonyl (C=O) groups is 1. The molecule has 4 rings (SSSR count). The summed E-state index contributed by atoms with van der Waals surface area (Å²) in [6.45, 7) is 8.86. The highest BCUT2D eigenvalue weighted by Gasteiger charge is 2.57. The molecule has 0 aromatic carbocycles. The Bertz CT molecular complexity index is 525. The van der Waals surface area contributed by atoms with Crippen LogP contribution >= 0.6 is 0 Å². The van der Waals surface area contributed by atoms with Crippen LogP contribution in [0.25, 0.3) is 0 Å². The molecule has 3 saturated carbocycles. The van der Waals surface area contributed by atoms with Crippen molar-refractivity contribution in [1.82, 2.24) is 4.98 Å². The number of nitrogens with zero attached hydrogens (tertiary/aromatic N) is 1. The van der Waals surface area contributed by atoms with Crippen molar-refractivity contribution in [3.63, 3.8) is 0 Å². The first-order chi connectivity index (χ1) is 9.91. The van der Waals surface area contributed by atoms with Crippen LogP contribution in [0.15, 0.2) is 24.5 Å². The minimum atomic E-state index is -0.239. The standard InChI is InChI=1S/C18H25NO2/c1-11(13-6-5-7-19-10-13)17(20)21-16-9-14-8-15(12(16)2)18(14,3)4/h5-7,10-12,14-16H,8-9H2,1-4H3/t11-,12-,14+,15-,16-/m0/s1. The highest BCUT2D eigenvalue weighted by atomic mass is 16.5. The highest BCUT2D eigenvalue weighted by molar-refractivity contribution is 5.77. The first kappa shape index (κ1) is 14.6. The van der Waals surface area contributed by atoms with E-state index >= 15 is 0 Å². The third-order valence-electron chi connectivity index (χ3n) is 6.09. The summed E-state index contributed by atoms with van der Waals surface area (Å²) in [6.07, 6.45) is 5.89. The fourth-order valence-corrected chi connectivity index (χ4v) is 4.28. The van der Waals surface area contributed by atoms with Gasteiger partial charge in [-0.3, -0.25) is 9.78 Å². The summed E-state index contributed by atoms with van der Waals surface area (Å²) < 4.78 is 5.85. The molecule has 3 aliphatic carbocycles. The van der Waals surface area contributed by atoms with E-state index in [0.717, 1.165) is 12.0 Å². The van der Waals surface area contributed by atoms with Crippen molar-refractivity contribution < 1.29 is 9.53 Å². The zero-order valence-corrected chi connectivity index (χ0v) is 13.4. The molecule has 3 heteroatoms. The summed E-state index contributed by atoms with van der Waals surface area (Å²) >= 11 is 0. The van der Waals surface area contributed by atoms with Gasteiger partial charge in [-0.2, -0.15) is 0 Å². The van der Waals surface area contributed by atoms with Gasteiger partial charge in [-0.25, -0.2) is 0 Å². The fraction of sp³-hybridized carbons (Fsp3) is 0.667. The normalized spacial score (nSPS) is 34.7. The zero-order chi connectivity index (χ0) is 15.2. The molecule has 3 fully saturated rings. The van der Waals surface area contributed by atoms with Gasteiger partial charge in [0.25, 0.3) is 0 Å². The molecule has 1 aromatic rings. The lowest BCUT2D eigenvalue weighted by Crippen LogP contribution is -2.57. The molecule has 2 bridgehead atoms. The Balaban J connectivity index is 1.64. The molecule has 3 nitrogen and oxygen atoms in total. The van der Waals surface area contributed by atoms with Crippen LogP contribution in [0.5, 0.6) is 0 Å². The smallest absolute Gasteiger partial charge is 0.313 e. The number of aromatic nitrogens is 1. The molecule has 0 saturated heterocycles. The van der Waals surface area contributed by atoms with E-state index in [1.165, 1.54) is 6.42 Å². The molecular weight excluding hydrogens is 262 g/mol. The lowest BCUT2D eigenvalue weighted by molar-refractivity contribution is -0.187. The van der Waals surface area contributed by atoms with Crippen LogP contribution in [0.3, 0.4) is 0 Å². The molecule has 114 valence electrons. The van der Waals surface area contributed by atoms with Crippen LogP contribution in [0.1, 0.15) is 52.0 Å². The van der Waals surface area contributed by atoms with E-state index in [1.807, 2.05) is 19.1 Å². The molecule has 0 N–H and O–H groups in total. The van der Waals surface area contributed by atoms with Crippen molar-refractivity contribution in [2.45, 2.75) is 52.6 Å². The van der Waals surface area contributed by atoms with E-state index in [1.54, 1.807) is 12.4 Å². The lowest BCUT2D eigenvalue weighted by Gasteiger charge is -2.61. The Labute approximate surface area is 127 Å². The van der Waals surface area contributed by atoms with Crippen LogP contribution in [0.4, 0.5) is 0 Å². The number of rotatable bonds is 3. The van der Waals surface area contributed by atoms with Crippen molar-refractivity contribution in [3.05, 3.63) is 30.1 Å². The van der Waals surface area contributed by atoms with Crippen LogP contribution in [-0.2, 0) is 9.53 Å². The number of ether oxygens (including phenoxy) is 1. The van der Waals surface area contributed by atoms with Gasteiger partial charge in [-0.1, -0.05) is 26.8 Å². The van der Waals surface area contributed by atoms with E-state index in [2.05, 4.69) is 25.8 Å².